The molecule has 29 heavy (non-hydrogen) atoms. The number of anilines is 1. The summed E-state index contributed by atoms with van der Waals surface area (Å²) in [5.41, 5.74) is 1.51. The van der Waals surface area contributed by atoms with Crippen molar-refractivity contribution in [2.45, 2.75) is 19.7 Å². The summed E-state index contributed by atoms with van der Waals surface area (Å²) in [4.78, 5) is 20.5. The monoisotopic (exact) mass is 403 g/mol. The van der Waals surface area contributed by atoms with Gasteiger partial charge in [-0.15, -0.1) is 13.2 Å². The third-order valence-corrected chi connectivity index (χ3v) is 3.73. The quantitative estimate of drug-likeness (QED) is 0.628. The Kier molecular flexibility index (Phi) is 5.96. The number of carbonyl (C=O) groups excluding carboxylic acids is 1. The standard InChI is InChI=1S/C20H16F3N3O3/c1-2-14-5-9-17(12-24-14)28-18-10-6-15(11-25-18)26-19(27)13-3-7-16(8-4-13)29-20(21,22)23/h3-12H,2H2,1H3,(H,26,27). The van der Waals surface area contributed by atoms with E-state index in [2.05, 4.69) is 20.0 Å². The first-order chi connectivity index (χ1) is 13.8. The summed E-state index contributed by atoms with van der Waals surface area (Å²) >= 11 is 0. The summed E-state index contributed by atoms with van der Waals surface area (Å²) in [7, 11) is 0. The highest BCUT2D eigenvalue weighted by Crippen LogP contribution is 2.23. The Morgan fingerprint density at radius 3 is 2.24 bits per heavy atom. The number of nitrogens with zero attached hydrogens (tertiary/aromatic N) is 2. The normalized spacial score (nSPS) is 11.0. The summed E-state index contributed by atoms with van der Waals surface area (Å²) < 4.78 is 45.9. The Balaban J connectivity index is 1.59. The predicted molar refractivity (Wildman–Crippen MR) is 99.0 cm³/mol. The molecule has 0 spiro atoms. The third-order valence-electron chi connectivity index (χ3n) is 3.73. The molecule has 1 aromatic carbocycles. The molecule has 6 nitrogen and oxygen atoms in total. The minimum atomic E-state index is -4.78. The molecule has 3 rings (SSSR count). The van der Waals surface area contributed by atoms with Gasteiger partial charge in [0.15, 0.2) is 0 Å². The lowest BCUT2D eigenvalue weighted by molar-refractivity contribution is -0.274. The number of alkyl halides is 3. The molecule has 2 heterocycles. The van der Waals surface area contributed by atoms with Crippen LogP contribution in [0.25, 0.3) is 0 Å². The first kappa shape index (κ1) is 20.1. The van der Waals surface area contributed by atoms with Crippen LogP contribution in [0, 0.1) is 0 Å². The molecule has 0 fully saturated rings. The zero-order valence-electron chi connectivity index (χ0n) is 15.2. The number of carbonyl (C=O) groups is 1. The van der Waals surface area contributed by atoms with Crippen LogP contribution in [0.4, 0.5) is 18.9 Å². The maximum atomic E-state index is 12.2. The minimum absolute atomic E-state index is 0.168. The molecular formula is C20H16F3N3O3. The van der Waals surface area contributed by atoms with Gasteiger partial charge in [-0.25, -0.2) is 4.98 Å². The van der Waals surface area contributed by atoms with Crippen molar-refractivity contribution in [3.05, 3.63) is 72.2 Å². The number of hydrogen-bond donors (Lipinski definition) is 1. The van der Waals surface area contributed by atoms with E-state index in [0.29, 0.717) is 17.3 Å². The van der Waals surface area contributed by atoms with Crippen molar-refractivity contribution < 1.29 is 27.4 Å². The lowest BCUT2D eigenvalue weighted by Crippen LogP contribution is -2.17. The number of rotatable bonds is 6. The summed E-state index contributed by atoms with van der Waals surface area (Å²) in [6, 6.07) is 11.4. The zero-order chi connectivity index (χ0) is 20.9. The van der Waals surface area contributed by atoms with Crippen molar-refractivity contribution >= 4 is 11.6 Å². The zero-order valence-corrected chi connectivity index (χ0v) is 15.2. The molecule has 3 aromatic rings. The fourth-order valence-corrected chi connectivity index (χ4v) is 2.33. The van der Waals surface area contributed by atoms with Crippen molar-refractivity contribution in [3.8, 4) is 17.4 Å². The van der Waals surface area contributed by atoms with Crippen LogP contribution in [-0.2, 0) is 6.42 Å². The number of aromatic nitrogens is 2. The van der Waals surface area contributed by atoms with E-state index in [4.69, 9.17) is 4.74 Å². The Hall–Kier alpha value is -3.62. The van der Waals surface area contributed by atoms with Crippen molar-refractivity contribution in [3.63, 3.8) is 0 Å². The molecule has 1 N–H and O–H groups in total. The average Bonchev–Trinajstić information content (AvgIpc) is 2.69. The number of hydrogen-bond acceptors (Lipinski definition) is 5. The van der Waals surface area contributed by atoms with Crippen LogP contribution in [0.3, 0.4) is 0 Å². The Morgan fingerprint density at radius 2 is 1.69 bits per heavy atom. The molecule has 9 heteroatoms. The number of nitrogens with one attached hydrogen (secondary N) is 1. The lowest BCUT2D eigenvalue weighted by Gasteiger charge is -2.10. The Morgan fingerprint density at radius 1 is 0.966 bits per heavy atom. The van der Waals surface area contributed by atoms with Crippen molar-refractivity contribution in [1.82, 2.24) is 9.97 Å². The maximum Gasteiger partial charge on any atom is 0.573 e. The highest BCUT2D eigenvalue weighted by molar-refractivity contribution is 6.04. The minimum Gasteiger partial charge on any atom is -0.437 e. The first-order valence-electron chi connectivity index (χ1n) is 8.58. The van der Waals surface area contributed by atoms with Crippen LogP contribution >= 0.6 is 0 Å². The molecule has 0 radical (unpaired) electrons. The van der Waals surface area contributed by atoms with Gasteiger partial charge in [0.1, 0.15) is 11.5 Å². The van der Waals surface area contributed by atoms with Crippen molar-refractivity contribution in [2.24, 2.45) is 0 Å². The molecule has 0 unspecified atom stereocenters. The fraction of sp³-hybridized carbons (Fsp3) is 0.150. The van der Waals surface area contributed by atoms with Crippen LogP contribution in [0.1, 0.15) is 23.0 Å². The molecule has 0 saturated heterocycles. The van der Waals surface area contributed by atoms with E-state index in [0.717, 1.165) is 24.2 Å². The Labute approximate surface area is 164 Å². The molecule has 2 aromatic heterocycles. The second kappa shape index (κ2) is 8.59. The molecule has 0 bridgehead atoms. The van der Waals surface area contributed by atoms with Crippen molar-refractivity contribution in [2.75, 3.05) is 5.32 Å². The Bertz CT molecular complexity index is 958. The molecule has 0 aliphatic rings. The van der Waals surface area contributed by atoms with Crippen LogP contribution in [0.15, 0.2) is 60.9 Å². The summed E-state index contributed by atoms with van der Waals surface area (Å²) in [6.45, 7) is 2.00. The van der Waals surface area contributed by atoms with Gasteiger partial charge in [0.2, 0.25) is 5.88 Å². The number of benzene rings is 1. The summed E-state index contributed by atoms with van der Waals surface area (Å²) in [5.74, 6) is -0.0487. The fourth-order valence-electron chi connectivity index (χ4n) is 2.33. The lowest BCUT2D eigenvalue weighted by atomic mass is 10.2. The molecule has 0 atom stereocenters. The van der Waals surface area contributed by atoms with Gasteiger partial charge in [-0.2, -0.15) is 0 Å². The molecule has 0 saturated carbocycles. The number of amides is 1. The van der Waals surface area contributed by atoms with Crippen LogP contribution in [-0.4, -0.2) is 22.2 Å². The molecule has 0 aliphatic carbocycles. The highest BCUT2D eigenvalue weighted by atomic mass is 19.4. The molecule has 0 aliphatic heterocycles. The van der Waals surface area contributed by atoms with Gasteiger partial charge in [-0.05, 0) is 48.9 Å². The van der Waals surface area contributed by atoms with Crippen LogP contribution in [0.2, 0.25) is 0 Å². The van der Waals surface area contributed by atoms with Gasteiger partial charge in [-0.1, -0.05) is 6.92 Å². The number of halogens is 3. The second-order valence-corrected chi connectivity index (χ2v) is 5.85. The topological polar surface area (TPSA) is 73.3 Å². The number of pyridine rings is 2. The van der Waals surface area contributed by atoms with E-state index in [1.165, 1.54) is 18.3 Å². The maximum absolute atomic E-state index is 12.2. The SMILES string of the molecule is CCc1ccc(Oc2ccc(NC(=O)c3ccc(OC(F)(F)F)cc3)cn2)cn1. The summed E-state index contributed by atoms with van der Waals surface area (Å²) in [5, 5.41) is 2.60. The van der Waals surface area contributed by atoms with Gasteiger partial charge in [0.25, 0.3) is 5.91 Å². The smallest absolute Gasteiger partial charge is 0.437 e. The predicted octanol–water partition coefficient (Wildman–Crippen LogP) is 4.98. The largest absolute Gasteiger partial charge is 0.573 e. The highest BCUT2D eigenvalue weighted by Gasteiger charge is 2.31. The third kappa shape index (κ3) is 5.93. The van der Waals surface area contributed by atoms with Gasteiger partial charge >= 0.3 is 6.36 Å². The number of aryl methyl sites for hydroxylation is 1. The summed E-state index contributed by atoms with van der Waals surface area (Å²) in [6.07, 6.45) is -0.955. The van der Waals surface area contributed by atoms with E-state index >= 15 is 0 Å². The van der Waals surface area contributed by atoms with Gasteiger partial charge < -0.3 is 14.8 Å². The van der Waals surface area contributed by atoms with Crippen LogP contribution in [0.5, 0.6) is 17.4 Å². The van der Waals surface area contributed by atoms with E-state index in [9.17, 15) is 18.0 Å². The van der Waals surface area contributed by atoms with E-state index < -0.39 is 18.0 Å². The van der Waals surface area contributed by atoms with Gasteiger partial charge in [-0.3, -0.25) is 9.78 Å². The van der Waals surface area contributed by atoms with Crippen LogP contribution < -0.4 is 14.8 Å². The first-order valence-corrected chi connectivity index (χ1v) is 8.58. The van der Waals surface area contributed by atoms with E-state index in [-0.39, 0.29) is 5.56 Å². The second-order valence-electron chi connectivity index (χ2n) is 5.85. The average molecular weight is 403 g/mol. The van der Waals surface area contributed by atoms with Gasteiger partial charge in [0.05, 0.1) is 18.1 Å². The van der Waals surface area contributed by atoms with Gasteiger partial charge in [0, 0.05) is 17.3 Å². The number of ether oxygens (including phenoxy) is 2. The molecular weight excluding hydrogens is 387 g/mol. The molecule has 150 valence electrons. The molecule has 1 amide bonds. The van der Waals surface area contributed by atoms with E-state index in [1.807, 2.05) is 13.0 Å². The van der Waals surface area contributed by atoms with Crippen molar-refractivity contribution in [1.29, 1.82) is 0 Å². The van der Waals surface area contributed by atoms with E-state index in [1.54, 1.807) is 24.4 Å².